The topological polar surface area (TPSA) is 139 Å². The van der Waals surface area contributed by atoms with E-state index in [1.165, 1.54) is 0 Å². The van der Waals surface area contributed by atoms with Crippen LogP contribution in [0.25, 0.3) is 0 Å². The van der Waals surface area contributed by atoms with Crippen LogP contribution in [-0.2, 0) is 4.79 Å². The summed E-state index contributed by atoms with van der Waals surface area (Å²) < 4.78 is 32.1. The summed E-state index contributed by atoms with van der Waals surface area (Å²) in [5.74, 6) is -2.59. The van der Waals surface area contributed by atoms with E-state index >= 15 is 0 Å². The molecular formula is C5H14ClF3N4O2. The van der Waals surface area contributed by atoms with Crippen LogP contribution in [0.2, 0.25) is 0 Å². The molecule has 0 saturated heterocycles. The van der Waals surface area contributed by atoms with Crippen molar-refractivity contribution in [3.8, 4) is 0 Å². The molecule has 0 aromatic rings. The third-order valence-electron chi connectivity index (χ3n) is 0.279. The number of aliphatic hydroxyl groups is 1. The quantitative estimate of drug-likeness (QED) is 0.288. The minimum atomic E-state index is -4.86. The summed E-state index contributed by atoms with van der Waals surface area (Å²) in [6.07, 6.45) is -4.86. The molecule has 94 valence electrons. The van der Waals surface area contributed by atoms with Crippen LogP contribution in [0.15, 0.2) is 0 Å². The predicted molar refractivity (Wildman–Crippen MR) is 51.4 cm³/mol. The molecule has 0 heterocycles. The van der Waals surface area contributed by atoms with E-state index in [1.54, 1.807) is 6.92 Å². The van der Waals surface area contributed by atoms with Crippen LogP contribution in [0.1, 0.15) is 6.92 Å². The number of hydrogen-bond donors (Lipinski definition) is 5. The predicted octanol–water partition coefficient (Wildman–Crippen LogP) is -0.707. The van der Waals surface area contributed by atoms with Crippen molar-refractivity contribution in [1.29, 1.82) is 5.41 Å². The van der Waals surface area contributed by atoms with Crippen LogP contribution in [0, 0.1) is 5.41 Å². The molecule has 0 aliphatic rings. The zero-order valence-electron chi connectivity index (χ0n) is 7.84. The van der Waals surface area contributed by atoms with Crippen LogP contribution < -0.4 is 17.2 Å². The molecule has 0 aromatic carbocycles. The van der Waals surface area contributed by atoms with Crippen molar-refractivity contribution < 1.29 is 23.1 Å². The number of rotatable bonds is 0. The molecule has 10 heteroatoms. The van der Waals surface area contributed by atoms with E-state index in [2.05, 4.69) is 17.2 Å². The number of guanidine groups is 1. The van der Waals surface area contributed by atoms with Crippen molar-refractivity contribution in [3.63, 3.8) is 0 Å². The maximum absolute atomic E-state index is 10.7. The number of nitrogens with two attached hydrogens (primary N) is 3. The first-order chi connectivity index (χ1) is 6.09. The number of hydrogen-bond acceptors (Lipinski definition) is 3. The largest absolute Gasteiger partial charge is 0.470 e. The maximum atomic E-state index is 10.7. The molecule has 0 fully saturated rings. The number of carbonyl (C=O) groups is 1. The van der Waals surface area contributed by atoms with Crippen molar-refractivity contribution in [2.24, 2.45) is 17.2 Å². The van der Waals surface area contributed by atoms with E-state index in [1.807, 2.05) is 0 Å². The number of aliphatic hydroxyl groups excluding tert-OH is 1. The van der Waals surface area contributed by atoms with Gasteiger partial charge in [-0.3, -0.25) is 10.2 Å². The van der Waals surface area contributed by atoms with Gasteiger partial charge in [-0.1, -0.05) is 0 Å². The summed E-state index contributed by atoms with van der Waals surface area (Å²) in [4.78, 5) is 9.12. The molecule has 0 aromatic heterocycles. The van der Waals surface area contributed by atoms with Gasteiger partial charge in [0.25, 0.3) is 0 Å². The second kappa shape index (κ2) is 12.8. The van der Waals surface area contributed by atoms with Gasteiger partial charge in [0.15, 0.2) is 5.96 Å². The van der Waals surface area contributed by atoms with Crippen molar-refractivity contribution in [3.05, 3.63) is 0 Å². The van der Waals surface area contributed by atoms with E-state index in [0.29, 0.717) is 0 Å². The van der Waals surface area contributed by atoms with Gasteiger partial charge in [-0.15, -0.1) is 12.4 Å². The number of primary amides is 1. The smallest absolute Gasteiger partial charge is 0.397 e. The van der Waals surface area contributed by atoms with Gasteiger partial charge < -0.3 is 22.3 Å². The highest BCUT2D eigenvalue weighted by Gasteiger charge is 2.35. The highest BCUT2D eigenvalue weighted by Crippen LogP contribution is 2.11. The van der Waals surface area contributed by atoms with Gasteiger partial charge >= 0.3 is 12.1 Å². The lowest BCUT2D eigenvalue weighted by Crippen LogP contribution is -2.30. The standard InChI is InChI=1S/C2H2F3NO.C2H6O.CH5N3.ClH/c3-2(4,5)1(6)7;1-2-3;2-1(3)4;/h(H2,6,7);3H,2H2,1H3;(H5,2,3,4);1H. The molecule has 8 N–H and O–H groups in total. The second-order valence-electron chi connectivity index (χ2n) is 1.63. The number of alkyl halides is 3. The lowest BCUT2D eigenvalue weighted by atomic mass is 10.6. The Labute approximate surface area is 90.5 Å². The Balaban J connectivity index is -0.0000000654. The van der Waals surface area contributed by atoms with Crippen molar-refractivity contribution >= 4 is 24.3 Å². The fourth-order valence-electron chi connectivity index (χ4n) is 0. The Bertz CT molecular complexity index is 172. The number of amides is 1. The zero-order chi connectivity index (χ0) is 12.4. The highest BCUT2D eigenvalue weighted by atomic mass is 35.5. The molecule has 0 atom stereocenters. The molecule has 0 rings (SSSR count). The molecule has 0 aliphatic heterocycles. The molecule has 0 bridgehead atoms. The van der Waals surface area contributed by atoms with Gasteiger partial charge in [0.2, 0.25) is 0 Å². The van der Waals surface area contributed by atoms with Crippen LogP contribution in [0.4, 0.5) is 13.2 Å². The Morgan fingerprint density at radius 1 is 1.33 bits per heavy atom. The van der Waals surface area contributed by atoms with E-state index in [9.17, 15) is 13.2 Å². The van der Waals surface area contributed by atoms with E-state index in [-0.39, 0.29) is 25.0 Å². The first-order valence-corrected chi connectivity index (χ1v) is 3.16. The fourth-order valence-corrected chi connectivity index (χ4v) is 0. The maximum Gasteiger partial charge on any atom is 0.470 e. The molecule has 0 unspecified atom stereocenters. The van der Waals surface area contributed by atoms with Crippen molar-refractivity contribution in [1.82, 2.24) is 0 Å². The van der Waals surface area contributed by atoms with Gasteiger partial charge in [-0.05, 0) is 6.92 Å². The number of halogens is 4. The molecule has 0 spiro atoms. The summed E-state index contributed by atoms with van der Waals surface area (Å²) in [7, 11) is 0. The van der Waals surface area contributed by atoms with Crippen LogP contribution in [-0.4, -0.2) is 29.8 Å². The van der Waals surface area contributed by atoms with Gasteiger partial charge in [0.1, 0.15) is 0 Å². The molecule has 0 radical (unpaired) electrons. The third kappa shape index (κ3) is 65.0. The summed E-state index contributed by atoms with van der Waals surface area (Å²) >= 11 is 0. The molecule has 0 saturated carbocycles. The van der Waals surface area contributed by atoms with Crippen LogP contribution >= 0.6 is 12.4 Å². The average Bonchev–Trinajstić information content (AvgIpc) is 1.84. The van der Waals surface area contributed by atoms with Gasteiger partial charge in [-0.25, -0.2) is 0 Å². The summed E-state index contributed by atoms with van der Waals surface area (Å²) in [6.45, 7) is 1.93. The van der Waals surface area contributed by atoms with Crippen molar-refractivity contribution in [2.75, 3.05) is 6.61 Å². The van der Waals surface area contributed by atoms with E-state index < -0.39 is 12.1 Å². The summed E-state index contributed by atoms with van der Waals surface area (Å²) in [5.41, 5.74) is 12.8. The Hall–Kier alpha value is -1.22. The van der Waals surface area contributed by atoms with Gasteiger partial charge in [0, 0.05) is 6.61 Å². The van der Waals surface area contributed by atoms with Crippen LogP contribution in [0.5, 0.6) is 0 Å². The zero-order valence-corrected chi connectivity index (χ0v) is 8.65. The highest BCUT2D eigenvalue weighted by molar-refractivity contribution is 5.85. The average molecular weight is 255 g/mol. The Morgan fingerprint density at radius 3 is 1.40 bits per heavy atom. The first-order valence-electron chi connectivity index (χ1n) is 3.16. The number of carbonyl (C=O) groups excluding carboxylic acids is 1. The Morgan fingerprint density at radius 2 is 1.40 bits per heavy atom. The fraction of sp³-hybridized carbons (Fsp3) is 0.600. The number of nitrogens with one attached hydrogen (secondary N) is 1. The molecule has 6 nitrogen and oxygen atoms in total. The second-order valence-corrected chi connectivity index (χ2v) is 1.63. The van der Waals surface area contributed by atoms with Crippen molar-refractivity contribution in [2.45, 2.75) is 13.1 Å². The monoisotopic (exact) mass is 254 g/mol. The molecule has 1 amide bonds. The molecule has 15 heavy (non-hydrogen) atoms. The van der Waals surface area contributed by atoms with Crippen LogP contribution in [0.3, 0.4) is 0 Å². The van der Waals surface area contributed by atoms with Gasteiger partial charge in [-0.2, -0.15) is 13.2 Å². The summed E-state index contributed by atoms with van der Waals surface area (Å²) in [6, 6.07) is 0. The molecule has 0 aliphatic carbocycles. The first kappa shape index (κ1) is 23.5. The van der Waals surface area contributed by atoms with Gasteiger partial charge in [0.05, 0.1) is 0 Å². The Kier molecular flexibility index (Phi) is 20.0. The lowest BCUT2D eigenvalue weighted by Gasteiger charge is -1.95. The molecular weight excluding hydrogens is 241 g/mol. The third-order valence-corrected chi connectivity index (χ3v) is 0.279. The SMILES string of the molecule is CCO.Cl.N=C(N)N.NC(=O)C(F)(F)F. The van der Waals surface area contributed by atoms with E-state index in [0.717, 1.165) is 0 Å². The minimum absolute atomic E-state index is 0. The minimum Gasteiger partial charge on any atom is -0.397 e. The normalized spacial score (nSPS) is 8.07. The summed E-state index contributed by atoms with van der Waals surface area (Å²) in [5, 5.41) is 13.6. The lowest BCUT2D eigenvalue weighted by molar-refractivity contribution is -0.169. The van der Waals surface area contributed by atoms with E-state index in [4.69, 9.17) is 15.3 Å².